The highest BCUT2D eigenvalue weighted by molar-refractivity contribution is 7.99. The summed E-state index contributed by atoms with van der Waals surface area (Å²) in [7, 11) is 2.29. The lowest BCUT2D eigenvalue weighted by Crippen LogP contribution is -2.29. The van der Waals surface area contributed by atoms with Gasteiger partial charge in [-0.25, -0.2) is 4.39 Å². The van der Waals surface area contributed by atoms with Crippen LogP contribution in [0.2, 0.25) is 0 Å². The molecule has 0 saturated heterocycles. The van der Waals surface area contributed by atoms with Crippen LogP contribution in [0, 0.1) is 17.1 Å². The summed E-state index contributed by atoms with van der Waals surface area (Å²) in [5, 5.41) is 9.80. The number of thioether (sulfide) groups is 1. The van der Waals surface area contributed by atoms with Crippen molar-refractivity contribution >= 4 is 26.3 Å². The van der Waals surface area contributed by atoms with E-state index in [1.807, 2.05) is 0 Å². The molecule has 212 valence electrons. The van der Waals surface area contributed by atoms with Gasteiger partial charge in [0.05, 0.1) is 23.4 Å². The number of aromatic nitrogens is 1. The van der Waals surface area contributed by atoms with Gasteiger partial charge in [-0.1, -0.05) is 31.2 Å². The first-order chi connectivity index (χ1) is 19.2. The second-order valence-corrected chi connectivity index (χ2v) is 10.9. The molecule has 41 heavy (non-hydrogen) atoms. The van der Waals surface area contributed by atoms with Gasteiger partial charge in [0.25, 0.3) is 5.56 Å². The molecule has 0 aliphatic carbocycles. The minimum absolute atomic E-state index is 0.101. The van der Waals surface area contributed by atoms with Crippen LogP contribution in [0.5, 0.6) is 0 Å². The van der Waals surface area contributed by atoms with Gasteiger partial charge in [0.1, 0.15) is 17.4 Å². The summed E-state index contributed by atoms with van der Waals surface area (Å²) >= 11 is 1.20. The maximum atomic E-state index is 13.9. The monoisotopic (exact) mass is 608 g/mol. The van der Waals surface area contributed by atoms with Crippen LogP contribution in [-0.2, 0) is 18.9 Å². The number of benzene rings is 3. The summed E-state index contributed by atoms with van der Waals surface area (Å²) in [6, 6.07) is 15.0. The second-order valence-electron chi connectivity index (χ2n) is 8.92. The van der Waals surface area contributed by atoms with E-state index in [4.69, 9.17) is 0 Å². The zero-order chi connectivity index (χ0) is 30.1. The summed E-state index contributed by atoms with van der Waals surface area (Å²) in [5.41, 5.74) is -3.90. The van der Waals surface area contributed by atoms with Crippen molar-refractivity contribution in [2.24, 2.45) is 0 Å². The molecule has 0 aliphatic rings. The smallest absolute Gasteiger partial charge is 0.303 e. The van der Waals surface area contributed by atoms with Crippen molar-refractivity contribution in [3.63, 3.8) is 0 Å². The number of hydrogen-bond donors (Lipinski definition) is 0. The number of rotatable bonds is 6. The Kier molecular flexibility index (Phi) is 8.67. The third-order valence-corrected chi connectivity index (χ3v) is 7.59. The molecule has 0 bridgehead atoms. The maximum Gasteiger partial charge on any atom is 0.417 e. The summed E-state index contributed by atoms with van der Waals surface area (Å²) in [4.78, 5) is 13.7. The van der Waals surface area contributed by atoms with Crippen LogP contribution >= 0.6 is 21.0 Å². The predicted molar refractivity (Wildman–Crippen MR) is 148 cm³/mol. The Morgan fingerprint density at radius 1 is 0.902 bits per heavy atom. The van der Waals surface area contributed by atoms with Crippen molar-refractivity contribution < 1.29 is 30.7 Å². The van der Waals surface area contributed by atoms with Crippen molar-refractivity contribution in [2.75, 3.05) is 5.75 Å². The number of halogens is 7. The van der Waals surface area contributed by atoms with Gasteiger partial charge in [0.2, 0.25) is 0 Å². The number of hydrogen-bond acceptors (Lipinski definition) is 3. The molecule has 12 heteroatoms. The van der Waals surface area contributed by atoms with E-state index < -0.39 is 40.4 Å². The molecule has 1 aromatic heterocycles. The first kappa shape index (κ1) is 30.4. The molecule has 1 unspecified atom stereocenters. The third kappa shape index (κ3) is 6.66. The van der Waals surface area contributed by atoms with Crippen LogP contribution in [0.1, 0.15) is 29.2 Å². The maximum absolute atomic E-state index is 13.9. The molecule has 0 amide bonds. The van der Waals surface area contributed by atoms with Crippen molar-refractivity contribution in [2.45, 2.75) is 30.7 Å². The zero-order valence-corrected chi connectivity index (χ0v) is 23.2. The Labute approximate surface area is 236 Å². The van der Waals surface area contributed by atoms with E-state index in [0.29, 0.717) is 27.6 Å². The minimum Gasteiger partial charge on any atom is -0.303 e. The summed E-state index contributed by atoms with van der Waals surface area (Å²) in [6.45, 7) is 1.49. The lowest BCUT2D eigenvalue weighted by Gasteiger charge is -2.19. The van der Waals surface area contributed by atoms with Crippen molar-refractivity contribution in [3.05, 3.63) is 105 Å². The fourth-order valence-electron chi connectivity index (χ4n) is 4.29. The van der Waals surface area contributed by atoms with Gasteiger partial charge in [-0.2, -0.15) is 31.6 Å². The fourth-order valence-corrected chi connectivity index (χ4v) is 5.39. The Balaban J connectivity index is 1.97. The number of nitriles is 1. The third-order valence-electron chi connectivity index (χ3n) is 6.19. The molecule has 1 atom stereocenters. The largest absolute Gasteiger partial charge is 0.417 e. The topological polar surface area (TPSA) is 45.8 Å². The van der Waals surface area contributed by atoms with Crippen molar-refractivity contribution in [3.8, 4) is 28.5 Å². The SMILES string of the molecule is CCSc1cc(-c2cccc(-c3cc(C(F)(F)F)c(C#N)c(=O)n3Cc3ccc(F)cc3P)c2)cc(C(F)(F)F)c1. The molecule has 0 radical (unpaired) electrons. The molecular formula is C29H20F7N2OPS. The molecule has 0 saturated carbocycles. The normalized spacial score (nSPS) is 11.9. The Hall–Kier alpha value is -3.61. The van der Waals surface area contributed by atoms with Gasteiger partial charge in [-0.05, 0) is 75.8 Å². The summed E-state index contributed by atoms with van der Waals surface area (Å²) in [5.74, 6) is -0.0505. The Bertz CT molecular complexity index is 1720. The Morgan fingerprint density at radius 3 is 2.22 bits per heavy atom. The van der Waals surface area contributed by atoms with Crippen LogP contribution < -0.4 is 10.9 Å². The van der Waals surface area contributed by atoms with Gasteiger partial charge >= 0.3 is 12.4 Å². The summed E-state index contributed by atoms with van der Waals surface area (Å²) < 4.78 is 97.4. The minimum atomic E-state index is -5.04. The highest BCUT2D eigenvalue weighted by atomic mass is 32.2. The molecule has 3 nitrogen and oxygen atoms in total. The molecular weight excluding hydrogens is 588 g/mol. The van der Waals surface area contributed by atoms with Crippen LogP contribution in [-0.4, -0.2) is 10.3 Å². The second kappa shape index (κ2) is 11.7. The fraction of sp³-hybridized carbons (Fsp3) is 0.172. The first-order valence-electron chi connectivity index (χ1n) is 12.0. The van der Waals surface area contributed by atoms with E-state index in [0.717, 1.165) is 22.8 Å². The van der Waals surface area contributed by atoms with Crippen LogP contribution in [0.25, 0.3) is 22.4 Å². The van der Waals surface area contributed by atoms with Crippen LogP contribution in [0.3, 0.4) is 0 Å². The molecule has 1 heterocycles. The molecule has 0 fully saturated rings. The molecule has 0 N–H and O–H groups in total. The molecule has 0 spiro atoms. The molecule has 4 aromatic rings. The quantitative estimate of drug-likeness (QED) is 0.127. The highest BCUT2D eigenvalue weighted by Gasteiger charge is 2.37. The zero-order valence-electron chi connectivity index (χ0n) is 21.2. The van der Waals surface area contributed by atoms with Gasteiger partial charge in [0.15, 0.2) is 0 Å². The van der Waals surface area contributed by atoms with E-state index in [1.165, 1.54) is 54.2 Å². The van der Waals surface area contributed by atoms with Crippen LogP contribution in [0.15, 0.2) is 76.4 Å². The lowest BCUT2D eigenvalue weighted by molar-refractivity contribution is -0.138. The summed E-state index contributed by atoms with van der Waals surface area (Å²) in [6.07, 6.45) is -9.67. The molecule has 4 rings (SSSR count). The Morgan fingerprint density at radius 2 is 1.61 bits per heavy atom. The van der Waals surface area contributed by atoms with Gasteiger partial charge in [-0.15, -0.1) is 21.0 Å². The van der Waals surface area contributed by atoms with Crippen LogP contribution in [0.4, 0.5) is 30.7 Å². The van der Waals surface area contributed by atoms with Gasteiger partial charge in [0, 0.05) is 4.90 Å². The highest BCUT2D eigenvalue weighted by Crippen LogP contribution is 2.38. The van der Waals surface area contributed by atoms with Crippen molar-refractivity contribution in [1.82, 2.24) is 4.57 Å². The first-order valence-corrected chi connectivity index (χ1v) is 13.5. The predicted octanol–water partition coefficient (Wildman–Crippen LogP) is 7.89. The molecule has 0 aliphatic heterocycles. The number of nitrogens with zero attached hydrogens (tertiary/aromatic N) is 2. The van der Waals surface area contributed by atoms with Gasteiger partial charge < -0.3 is 4.57 Å². The van der Waals surface area contributed by atoms with E-state index >= 15 is 0 Å². The number of alkyl halides is 6. The average molecular weight is 609 g/mol. The van der Waals surface area contributed by atoms with Gasteiger partial charge in [-0.3, -0.25) is 4.79 Å². The standard InChI is InChI=1S/C29H20F7N2OPS/c1-2-41-22-10-19(9-20(11-22)28(31,32)33)16-4-3-5-17(8-16)25-13-24(29(34,35)36)23(14-37)27(39)38(25)15-18-6-7-21(30)12-26(18)40/h3-13H,2,15,40H2,1H3. The van der Waals surface area contributed by atoms with Crippen molar-refractivity contribution in [1.29, 1.82) is 5.26 Å². The van der Waals surface area contributed by atoms with E-state index in [-0.39, 0.29) is 28.9 Å². The van der Waals surface area contributed by atoms with E-state index in [1.54, 1.807) is 13.0 Å². The average Bonchev–Trinajstić information content (AvgIpc) is 2.90. The van der Waals surface area contributed by atoms with E-state index in [2.05, 4.69) is 9.24 Å². The molecule has 3 aromatic carbocycles. The number of pyridine rings is 1. The van der Waals surface area contributed by atoms with E-state index in [9.17, 15) is 40.8 Å². The lowest BCUT2D eigenvalue weighted by atomic mass is 9.98.